The predicted octanol–water partition coefficient (Wildman–Crippen LogP) is 4.26. The zero-order valence-electron chi connectivity index (χ0n) is 13.3. The van der Waals surface area contributed by atoms with Crippen LogP contribution in [-0.4, -0.2) is 18.0 Å². The van der Waals surface area contributed by atoms with Gasteiger partial charge in [-0.25, -0.2) is 4.98 Å². The minimum absolute atomic E-state index is 0.0246. The monoisotopic (exact) mass is 359 g/mol. The minimum Gasteiger partial charge on any atom is -0.497 e. The Morgan fingerprint density at radius 2 is 2.17 bits per heavy atom. The summed E-state index contributed by atoms with van der Waals surface area (Å²) in [5, 5.41) is 8.95. The molecule has 5 nitrogen and oxygen atoms in total. The van der Waals surface area contributed by atoms with Crippen LogP contribution in [0.3, 0.4) is 0 Å². The first-order chi connectivity index (χ1) is 11.6. The summed E-state index contributed by atoms with van der Waals surface area (Å²) >= 11 is 3.19. The van der Waals surface area contributed by atoms with Gasteiger partial charge < -0.3 is 15.4 Å². The topological polar surface area (TPSA) is 63.2 Å². The summed E-state index contributed by atoms with van der Waals surface area (Å²) in [5.41, 5.74) is 1.87. The molecule has 0 saturated heterocycles. The standard InChI is InChI=1S/C17H17N3O2S2/c1-11(21)18-9-14-6-7-16(24-14)15-10-23-17(20-15)19-12-4-3-5-13(8-12)22-2/h3-8,10H,9H2,1-2H3,(H,18,21)(H,19,20). The number of thiazole rings is 1. The minimum atomic E-state index is -0.0246. The molecule has 0 spiro atoms. The quantitative estimate of drug-likeness (QED) is 0.690. The van der Waals surface area contributed by atoms with Crippen LogP contribution in [0.25, 0.3) is 10.6 Å². The Morgan fingerprint density at radius 1 is 1.29 bits per heavy atom. The largest absolute Gasteiger partial charge is 0.497 e. The number of ether oxygens (including phenoxy) is 1. The van der Waals surface area contributed by atoms with Crippen molar-refractivity contribution >= 4 is 39.4 Å². The van der Waals surface area contributed by atoms with E-state index in [1.807, 2.05) is 41.8 Å². The Kier molecular flexibility index (Phi) is 5.12. The second-order valence-corrected chi connectivity index (χ2v) is 7.10. The van der Waals surface area contributed by atoms with E-state index in [1.165, 1.54) is 6.92 Å². The first kappa shape index (κ1) is 16.5. The number of hydrogen-bond donors (Lipinski definition) is 2. The lowest BCUT2D eigenvalue weighted by Gasteiger charge is -2.04. The van der Waals surface area contributed by atoms with Gasteiger partial charge in [0, 0.05) is 28.9 Å². The highest BCUT2D eigenvalue weighted by Crippen LogP contribution is 2.32. The molecule has 124 valence electrons. The first-order valence-electron chi connectivity index (χ1n) is 7.34. The number of hydrogen-bond acceptors (Lipinski definition) is 6. The highest BCUT2D eigenvalue weighted by molar-refractivity contribution is 7.17. The smallest absolute Gasteiger partial charge is 0.217 e. The predicted molar refractivity (Wildman–Crippen MR) is 99.2 cm³/mol. The molecule has 0 saturated carbocycles. The number of amides is 1. The number of benzene rings is 1. The molecule has 0 radical (unpaired) electrons. The summed E-state index contributed by atoms with van der Waals surface area (Å²) in [7, 11) is 1.65. The molecule has 0 aliphatic rings. The fourth-order valence-electron chi connectivity index (χ4n) is 2.09. The summed E-state index contributed by atoms with van der Waals surface area (Å²) in [6, 6.07) is 11.8. The highest BCUT2D eigenvalue weighted by atomic mass is 32.1. The summed E-state index contributed by atoms with van der Waals surface area (Å²) < 4.78 is 5.22. The van der Waals surface area contributed by atoms with Crippen molar-refractivity contribution < 1.29 is 9.53 Å². The SMILES string of the molecule is COc1cccc(Nc2nc(-c3ccc(CNC(C)=O)s3)cs2)c1. The number of methoxy groups -OCH3 is 1. The lowest BCUT2D eigenvalue weighted by Crippen LogP contribution is -2.17. The average molecular weight is 359 g/mol. The second kappa shape index (κ2) is 7.46. The van der Waals surface area contributed by atoms with Crippen molar-refractivity contribution in [3.8, 4) is 16.3 Å². The van der Waals surface area contributed by atoms with Gasteiger partial charge in [-0.15, -0.1) is 22.7 Å². The van der Waals surface area contributed by atoms with Gasteiger partial charge in [0.25, 0.3) is 0 Å². The number of nitrogens with zero attached hydrogens (tertiary/aromatic N) is 1. The van der Waals surface area contributed by atoms with Crippen molar-refractivity contribution in [2.75, 3.05) is 12.4 Å². The number of anilines is 2. The van der Waals surface area contributed by atoms with Crippen molar-refractivity contribution in [2.24, 2.45) is 0 Å². The van der Waals surface area contributed by atoms with Crippen molar-refractivity contribution in [3.05, 3.63) is 46.7 Å². The summed E-state index contributed by atoms with van der Waals surface area (Å²) in [5.74, 6) is 0.779. The van der Waals surface area contributed by atoms with Crippen LogP contribution < -0.4 is 15.4 Å². The molecule has 1 aromatic carbocycles. The van der Waals surface area contributed by atoms with E-state index in [0.717, 1.165) is 32.0 Å². The molecule has 0 aliphatic heterocycles. The molecule has 1 amide bonds. The fraction of sp³-hybridized carbons (Fsp3) is 0.176. The number of aromatic nitrogens is 1. The van der Waals surface area contributed by atoms with Gasteiger partial charge in [-0.1, -0.05) is 6.07 Å². The van der Waals surface area contributed by atoms with Crippen LogP contribution in [0, 0.1) is 0 Å². The van der Waals surface area contributed by atoms with Gasteiger partial charge in [0.1, 0.15) is 5.75 Å². The molecular weight excluding hydrogens is 342 g/mol. The second-order valence-electron chi connectivity index (χ2n) is 5.07. The van der Waals surface area contributed by atoms with Crippen LogP contribution in [0.4, 0.5) is 10.8 Å². The summed E-state index contributed by atoms with van der Waals surface area (Å²) in [6.07, 6.45) is 0. The zero-order chi connectivity index (χ0) is 16.9. The molecule has 0 atom stereocenters. The van der Waals surface area contributed by atoms with Crippen molar-refractivity contribution in [1.82, 2.24) is 10.3 Å². The Bertz CT molecular complexity index is 842. The Hall–Kier alpha value is -2.38. The van der Waals surface area contributed by atoms with Gasteiger partial charge in [0.15, 0.2) is 5.13 Å². The van der Waals surface area contributed by atoms with E-state index in [1.54, 1.807) is 29.8 Å². The molecule has 0 aliphatic carbocycles. The van der Waals surface area contributed by atoms with Crippen LogP contribution in [0.5, 0.6) is 5.75 Å². The normalized spacial score (nSPS) is 10.4. The molecule has 24 heavy (non-hydrogen) atoms. The van der Waals surface area contributed by atoms with Gasteiger partial charge in [-0.3, -0.25) is 4.79 Å². The Morgan fingerprint density at radius 3 is 2.96 bits per heavy atom. The number of thiophene rings is 1. The molecule has 3 aromatic rings. The number of carbonyl (C=O) groups excluding carboxylic acids is 1. The van der Waals surface area contributed by atoms with Crippen LogP contribution in [0.15, 0.2) is 41.8 Å². The molecule has 0 fully saturated rings. The third-order valence-corrected chi connectivity index (χ3v) is 5.12. The van der Waals surface area contributed by atoms with E-state index in [-0.39, 0.29) is 5.91 Å². The van der Waals surface area contributed by atoms with Gasteiger partial charge >= 0.3 is 0 Å². The Balaban J connectivity index is 1.70. The molecule has 2 N–H and O–H groups in total. The van der Waals surface area contributed by atoms with Crippen LogP contribution in [0.2, 0.25) is 0 Å². The molecule has 3 rings (SSSR count). The third kappa shape index (κ3) is 4.12. The summed E-state index contributed by atoms with van der Waals surface area (Å²) in [6.45, 7) is 2.07. The van der Waals surface area contributed by atoms with Gasteiger partial charge in [0.2, 0.25) is 5.91 Å². The van der Waals surface area contributed by atoms with Crippen molar-refractivity contribution in [3.63, 3.8) is 0 Å². The average Bonchev–Trinajstić information content (AvgIpc) is 3.22. The molecule has 0 bridgehead atoms. The number of nitrogens with one attached hydrogen (secondary N) is 2. The first-order valence-corrected chi connectivity index (χ1v) is 9.04. The van der Waals surface area contributed by atoms with E-state index in [2.05, 4.69) is 15.6 Å². The van der Waals surface area contributed by atoms with E-state index < -0.39 is 0 Å². The molecule has 2 heterocycles. The molecule has 0 unspecified atom stereocenters. The van der Waals surface area contributed by atoms with Crippen molar-refractivity contribution in [2.45, 2.75) is 13.5 Å². The lowest BCUT2D eigenvalue weighted by molar-refractivity contribution is -0.119. The maximum absolute atomic E-state index is 11.0. The highest BCUT2D eigenvalue weighted by Gasteiger charge is 2.08. The molecular formula is C17H17N3O2S2. The Labute approximate surface area is 148 Å². The summed E-state index contributed by atoms with van der Waals surface area (Å²) in [4.78, 5) is 17.8. The third-order valence-electron chi connectivity index (χ3n) is 3.25. The van der Waals surface area contributed by atoms with Crippen LogP contribution in [0.1, 0.15) is 11.8 Å². The zero-order valence-corrected chi connectivity index (χ0v) is 15.0. The fourth-order valence-corrected chi connectivity index (χ4v) is 3.80. The van der Waals surface area contributed by atoms with E-state index in [9.17, 15) is 4.79 Å². The number of rotatable bonds is 6. The maximum atomic E-state index is 11.0. The van der Waals surface area contributed by atoms with Gasteiger partial charge in [0.05, 0.1) is 24.2 Å². The van der Waals surface area contributed by atoms with Crippen LogP contribution in [-0.2, 0) is 11.3 Å². The van der Waals surface area contributed by atoms with E-state index in [4.69, 9.17) is 4.74 Å². The molecule has 7 heteroatoms. The van der Waals surface area contributed by atoms with Gasteiger partial charge in [-0.2, -0.15) is 0 Å². The van der Waals surface area contributed by atoms with Gasteiger partial charge in [-0.05, 0) is 24.3 Å². The number of carbonyl (C=O) groups is 1. The van der Waals surface area contributed by atoms with Crippen molar-refractivity contribution in [1.29, 1.82) is 0 Å². The van der Waals surface area contributed by atoms with E-state index in [0.29, 0.717) is 6.54 Å². The van der Waals surface area contributed by atoms with E-state index >= 15 is 0 Å². The molecule has 2 aromatic heterocycles. The lowest BCUT2D eigenvalue weighted by atomic mass is 10.3. The van der Waals surface area contributed by atoms with Crippen LogP contribution >= 0.6 is 22.7 Å². The maximum Gasteiger partial charge on any atom is 0.217 e.